The average Bonchev–Trinajstić information content (AvgIpc) is 2.96. The van der Waals surface area contributed by atoms with E-state index in [1.54, 1.807) is 0 Å². The van der Waals surface area contributed by atoms with E-state index in [1.165, 1.54) is 152 Å². The van der Waals surface area contributed by atoms with Gasteiger partial charge in [0.05, 0.1) is 0 Å². The Bertz CT molecular complexity index is 813. The van der Waals surface area contributed by atoms with Gasteiger partial charge in [-0.15, -0.1) is 0 Å². The third-order valence-electron chi connectivity index (χ3n) is 7.32. The Morgan fingerprint density at radius 1 is 0.419 bits per heavy atom. The molecule has 43 heavy (non-hydrogen) atoms. The predicted octanol–water partition coefficient (Wildman–Crippen LogP) is 4.97. The van der Waals surface area contributed by atoms with Crippen molar-refractivity contribution in [3.8, 4) is 0 Å². The van der Waals surface area contributed by atoms with Crippen LogP contribution >= 0.6 is 0 Å². The van der Waals surface area contributed by atoms with Crippen LogP contribution in [0.5, 0.6) is 0 Å². The molecule has 0 saturated heterocycles. The fraction of sp³-hybridized carbons (Fsp3) is 0.667. The first-order chi connectivity index (χ1) is 19.9. The van der Waals surface area contributed by atoms with Crippen LogP contribution in [-0.4, -0.2) is 17.5 Å². The summed E-state index contributed by atoms with van der Waals surface area (Å²) in [6, 6.07) is 21.8. The number of hydrogen-bond donors (Lipinski definition) is 0. The molecule has 0 aliphatic heterocycles. The van der Waals surface area contributed by atoms with Crippen LogP contribution in [0.2, 0.25) is 0 Å². The summed E-state index contributed by atoms with van der Waals surface area (Å²) in [4.78, 5) is 0. The summed E-state index contributed by atoms with van der Waals surface area (Å²) < 4.78 is 34.1. The van der Waals surface area contributed by atoms with Gasteiger partial charge >= 0.3 is 59.1 Å². The average molecular weight is 635 g/mol. The van der Waals surface area contributed by atoms with Gasteiger partial charge in [0.2, 0.25) is 0 Å². The molecule has 0 aromatic heterocycles. The molecule has 0 aliphatic rings. The first kappa shape index (κ1) is 47.7. The second-order valence-corrected chi connectivity index (χ2v) is 12.1. The molecule has 2 rings (SSSR count). The zero-order valence-electron chi connectivity index (χ0n) is 28.4. The van der Waals surface area contributed by atoms with Gasteiger partial charge in [0, 0.05) is 10.4 Å². The van der Waals surface area contributed by atoms with Gasteiger partial charge in [0.1, 0.15) is 0 Å². The van der Waals surface area contributed by atoms with Crippen LogP contribution in [0.3, 0.4) is 0 Å². The second kappa shape index (κ2) is 36.8. The van der Waals surface area contributed by atoms with Gasteiger partial charge < -0.3 is 9.11 Å². The fourth-order valence-corrected chi connectivity index (χ4v) is 4.92. The molecule has 0 spiro atoms. The van der Waals surface area contributed by atoms with Gasteiger partial charge in [-0.2, -0.15) is 0 Å². The van der Waals surface area contributed by atoms with Crippen molar-refractivity contribution >= 4 is 10.4 Å². The number of hydrogen-bond acceptors (Lipinski definition) is 4. The molecule has 0 radical (unpaired) electrons. The molecule has 0 bridgehead atoms. The molecule has 236 valence electrons. The Labute approximate surface area is 311 Å². The van der Waals surface area contributed by atoms with Crippen LogP contribution in [0.4, 0.5) is 0 Å². The summed E-state index contributed by atoms with van der Waals surface area (Å²) in [6.45, 7) is 4.57. The molecule has 0 saturated carbocycles. The van der Waals surface area contributed by atoms with Crippen LogP contribution in [-0.2, 0) is 23.2 Å². The van der Waals surface area contributed by atoms with Gasteiger partial charge in [-0.1, -0.05) is 190 Å². The monoisotopic (exact) mass is 634 g/mol. The van der Waals surface area contributed by atoms with E-state index < -0.39 is 10.4 Å². The largest absolute Gasteiger partial charge is 1.00 e. The van der Waals surface area contributed by atoms with Crippen molar-refractivity contribution < 1.29 is 76.6 Å². The summed E-state index contributed by atoms with van der Waals surface area (Å²) in [7, 11) is -5.17. The van der Waals surface area contributed by atoms with Crippen molar-refractivity contribution in [3.05, 3.63) is 71.8 Å². The van der Waals surface area contributed by atoms with Gasteiger partial charge in [-0.3, -0.25) is 8.42 Å². The molecule has 0 atom stereocenters. The summed E-state index contributed by atoms with van der Waals surface area (Å²) in [5.74, 6) is 0. The molecule has 0 aliphatic carbocycles. The molecular weight excluding hydrogens is 574 g/mol. The number of benzene rings is 2. The van der Waals surface area contributed by atoms with Crippen LogP contribution < -0.4 is 59.1 Å². The molecular formula is C36H60Na2O4S. The number of rotatable bonds is 22. The third-order valence-corrected chi connectivity index (χ3v) is 7.32. The van der Waals surface area contributed by atoms with Crippen LogP contribution in [0, 0.1) is 0 Å². The van der Waals surface area contributed by atoms with Crippen LogP contribution in [0.15, 0.2) is 60.7 Å². The summed E-state index contributed by atoms with van der Waals surface area (Å²) in [5, 5.41) is 0. The van der Waals surface area contributed by atoms with Crippen molar-refractivity contribution in [3.63, 3.8) is 0 Å². The van der Waals surface area contributed by atoms with E-state index in [4.69, 9.17) is 17.5 Å². The van der Waals surface area contributed by atoms with Crippen molar-refractivity contribution in [2.75, 3.05) is 0 Å². The first-order valence-electron chi connectivity index (χ1n) is 16.6. The zero-order valence-corrected chi connectivity index (χ0v) is 33.2. The normalized spacial score (nSPS) is 10.3. The molecule has 0 fully saturated rings. The van der Waals surface area contributed by atoms with E-state index in [0.29, 0.717) is 0 Å². The van der Waals surface area contributed by atoms with Crippen molar-refractivity contribution in [2.24, 2.45) is 0 Å². The minimum absolute atomic E-state index is 0. The Morgan fingerprint density at radius 2 is 0.628 bits per heavy atom. The van der Waals surface area contributed by atoms with E-state index >= 15 is 0 Å². The van der Waals surface area contributed by atoms with Gasteiger partial charge in [0.25, 0.3) is 0 Å². The van der Waals surface area contributed by atoms with E-state index in [9.17, 15) is 0 Å². The summed E-state index contributed by atoms with van der Waals surface area (Å²) in [5.41, 5.74) is 2.99. The summed E-state index contributed by atoms with van der Waals surface area (Å²) in [6.07, 6.45) is 31.0. The zero-order chi connectivity index (χ0) is 30.3. The molecule has 0 N–H and O–H groups in total. The predicted molar refractivity (Wildman–Crippen MR) is 174 cm³/mol. The second-order valence-electron chi connectivity index (χ2n) is 11.2. The Morgan fingerprint density at radius 3 is 0.860 bits per heavy atom. The Kier molecular flexibility index (Phi) is 40.8. The van der Waals surface area contributed by atoms with Crippen LogP contribution in [0.1, 0.15) is 153 Å². The maximum absolute atomic E-state index is 8.52. The summed E-state index contributed by atoms with van der Waals surface area (Å²) >= 11 is 0. The molecule has 0 unspecified atom stereocenters. The van der Waals surface area contributed by atoms with E-state index in [2.05, 4.69) is 74.5 Å². The number of unbranched alkanes of at least 4 members (excludes halogenated alkanes) is 18. The van der Waals surface area contributed by atoms with Crippen molar-refractivity contribution in [1.29, 1.82) is 0 Å². The molecule has 2 aromatic carbocycles. The molecule has 7 heteroatoms. The quantitative estimate of drug-likeness (QED) is 0.0793. The fourth-order valence-electron chi connectivity index (χ4n) is 4.92. The smallest absolute Gasteiger partial charge is 0.759 e. The standard InChI is InChI=1S/2C18H30.2Na.H2O4S/c2*1-2-3-4-5-6-7-8-9-10-12-15-18-16-13-11-14-17-18;;;1-5(2,3)4/h2*11,13-14,16-17H,2-10,12,15H2,1H3;;;(H2,1,2,3,4)/q;;2*+1;/p-2. The third kappa shape index (κ3) is 42.3. The molecule has 2 aromatic rings. The van der Waals surface area contributed by atoms with Gasteiger partial charge in [0.15, 0.2) is 0 Å². The van der Waals surface area contributed by atoms with Gasteiger partial charge in [-0.25, -0.2) is 0 Å². The molecule has 0 amide bonds. The number of aryl methyl sites for hydroxylation is 2. The molecule has 0 heterocycles. The maximum Gasteiger partial charge on any atom is 1.00 e. The Balaban J connectivity index is -0.000000618. The maximum atomic E-state index is 8.52. The Hall–Kier alpha value is 0.310. The minimum Gasteiger partial charge on any atom is -0.759 e. The van der Waals surface area contributed by atoms with Crippen molar-refractivity contribution in [1.82, 2.24) is 0 Å². The minimum atomic E-state index is -5.17. The topological polar surface area (TPSA) is 80.3 Å². The van der Waals surface area contributed by atoms with Gasteiger partial charge in [-0.05, 0) is 36.8 Å². The van der Waals surface area contributed by atoms with Crippen molar-refractivity contribution in [2.45, 2.75) is 155 Å². The first-order valence-corrected chi connectivity index (χ1v) is 17.9. The van der Waals surface area contributed by atoms with E-state index in [-0.39, 0.29) is 59.1 Å². The van der Waals surface area contributed by atoms with E-state index in [1.807, 2.05) is 0 Å². The van der Waals surface area contributed by atoms with E-state index in [0.717, 1.165) is 0 Å². The van der Waals surface area contributed by atoms with Crippen LogP contribution in [0.25, 0.3) is 0 Å². The molecule has 4 nitrogen and oxygen atoms in total. The SMILES string of the molecule is CCCCCCCCCCCCc1ccccc1.CCCCCCCCCCCCc1ccccc1.O=S(=O)([O-])[O-].[Na+].[Na+].